The summed E-state index contributed by atoms with van der Waals surface area (Å²) >= 11 is 5.61. The van der Waals surface area contributed by atoms with Crippen LogP contribution in [0, 0.1) is 4.77 Å². The van der Waals surface area contributed by atoms with E-state index in [-0.39, 0.29) is 6.10 Å². The van der Waals surface area contributed by atoms with E-state index in [1.165, 1.54) is 0 Å². The summed E-state index contributed by atoms with van der Waals surface area (Å²) in [5, 5.41) is 14.4. The van der Waals surface area contributed by atoms with Crippen molar-refractivity contribution in [3.63, 3.8) is 0 Å². The largest absolute Gasteiger partial charge is 0.497 e. The molecule has 0 bridgehead atoms. The Bertz CT molecular complexity index is 730. The van der Waals surface area contributed by atoms with Gasteiger partial charge in [0.05, 0.1) is 19.9 Å². The molecular formula is C17H24N4O2S. The predicted molar refractivity (Wildman–Crippen MR) is 95.5 cm³/mol. The first-order valence-corrected chi connectivity index (χ1v) is 8.75. The smallest absolute Gasteiger partial charge is 0.199 e. The highest BCUT2D eigenvalue weighted by Gasteiger charge is 2.19. The summed E-state index contributed by atoms with van der Waals surface area (Å²) in [6, 6.07) is 7.88. The Morgan fingerprint density at radius 2 is 1.92 bits per heavy atom. The van der Waals surface area contributed by atoms with Crippen LogP contribution >= 0.6 is 12.2 Å². The highest BCUT2D eigenvalue weighted by Crippen LogP contribution is 2.22. The lowest BCUT2D eigenvalue weighted by Gasteiger charge is -2.28. The number of methoxy groups -OCH3 is 1. The molecule has 0 radical (unpaired) electrons. The van der Waals surface area contributed by atoms with Crippen molar-refractivity contribution in [3.05, 3.63) is 29.0 Å². The monoisotopic (exact) mass is 348 g/mol. The summed E-state index contributed by atoms with van der Waals surface area (Å²) in [6.07, 6.45) is 1.46. The van der Waals surface area contributed by atoms with Crippen LogP contribution in [0.5, 0.6) is 5.75 Å². The SMILES string of the molecule is CCn1c(-c2ccc(OC)cc2)nn(CN2CCC(O)CC2)c1=S. The van der Waals surface area contributed by atoms with Gasteiger partial charge in [-0.15, -0.1) is 0 Å². The second kappa shape index (κ2) is 7.46. The lowest BCUT2D eigenvalue weighted by molar-refractivity contribution is 0.0650. The molecule has 0 aliphatic carbocycles. The van der Waals surface area contributed by atoms with Gasteiger partial charge in [0.15, 0.2) is 10.6 Å². The molecule has 0 atom stereocenters. The van der Waals surface area contributed by atoms with Gasteiger partial charge < -0.3 is 14.4 Å². The Labute approximate surface area is 147 Å². The molecule has 1 aromatic heterocycles. The number of aromatic nitrogens is 3. The standard InChI is InChI=1S/C17H24N4O2S/c1-3-20-16(13-4-6-15(23-2)7-5-13)18-21(17(20)24)12-19-10-8-14(22)9-11-19/h4-7,14,22H,3,8-12H2,1-2H3. The Morgan fingerprint density at radius 3 is 2.50 bits per heavy atom. The van der Waals surface area contributed by atoms with Gasteiger partial charge in [-0.2, -0.15) is 5.10 Å². The van der Waals surface area contributed by atoms with Gasteiger partial charge in [0.1, 0.15) is 5.75 Å². The van der Waals surface area contributed by atoms with E-state index in [0.717, 1.165) is 54.4 Å². The molecule has 2 heterocycles. The molecule has 2 aromatic rings. The van der Waals surface area contributed by atoms with Gasteiger partial charge >= 0.3 is 0 Å². The van der Waals surface area contributed by atoms with E-state index < -0.39 is 0 Å². The molecule has 0 unspecified atom stereocenters. The van der Waals surface area contributed by atoms with Crippen molar-refractivity contribution in [1.82, 2.24) is 19.2 Å². The van der Waals surface area contributed by atoms with Crippen molar-refractivity contribution in [2.24, 2.45) is 0 Å². The highest BCUT2D eigenvalue weighted by atomic mass is 32.1. The average molecular weight is 348 g/mol. The molecule has 0 amide bonds. The number of benzene rings is 1. The summed E-state index contributed by atoms with van der Waals surface area (Å²) in [7, 11) is 1.66. The zero-order valence-corrected chi connectivity index (χ0v) is 15.0. The maximum Gasteiger partial charge on any atom is 0.199 e. The van der Waals surface area contributed by atoms with Crippen molar-refractivity contribution in [2.75, 3.05) is 20.2 Å². The van der Waals surface area contributed by atoms with Crippen LogP contribution in [0.2, 0.25) is 0 Å². The maximum absolute atomic E-state index is 9.64. The summed E-state index contributed by atoms with van der Waals surface area (Å²) < 4.78 is 9.89. The molecule has 1 aliphatic heterocycles. The number of likely N-dealkylation sites (tertiary alicyclic amines) is 1. The van der Waals surface area contributed by atoms with Crippen molar-refractivity contribution in [2.45, 2.75) is 39.1 Å². The molecule has 6 nitrogen and oxygen atoms in total. The first kappa shape index (κ1) is 17.1. The fraction of sp³-hybridized carbons (Fsp3) is 0.529. The van der Waals surface area contributed by atoms with Crippen LogP contribution in [0.3, 0.4) is 0 Å². The Hall–Kier alpha value is -1.70. The molecule has 0 saturated carbocycles. The third-order valence-electron chi connectivity index (χ3n) is 4.48. The minimum atomic E-state index is -0.169. The zero-order chi connectivity index (χ0) is 17.1. The maximum atomic E-state index is 9.64. The van der Waals surface area contributed by atoms with Crippen LogP contribution in [0.1, 0.15) is 19.8 Å². The summed E-state index contributed by atoms with van der Waals surface area (Å²) in [5.41, 5.74) is 1.02. The third-order valence-corrected chi connectivity index (χ3v) is 4.91. The van der Waals surface area contributed by atoms with E-state index in [4.69, 9.17) is 22.1 Å². The van der Waals surface area contributed by atoms with Gasteiger partial charge in [-0.05, 0) is 56.2 Å². The van der Waals surface area contributed by atoms with E-state index in [2.05, 4.69) is 16.4 Å². The third kappa shape index (κ3) is 3.53. The van der Waals surface area contributed by atoms with Crippen LogP contribution in [0.15, 0.2) is 24.3 Å². The van der Waals surface area contributed by atoms with Crippen LogP contribution < -0.4 is 4.74 Å². The van der Waals surface area contributed by atoms with Gasteiger partial charge in [0, 0.05) is 25.2 Å². The minimum Gasteiger partial charge on any atom is -0.497 e. The number of piperidine rings is 1. The predicted octanol–water partition coefficient (Wildman–Crippen LogP) is 2.52. The molecule has 3 rings (SSSR count). The number of hydrogen-bond acceptors (Lipinski definition) is 5. The van der Waals surface area contributed by atoms with Crippen molar-refractivity contribution in [1.29, 1.82) is 0 Å². The van der Waals surface area contributed by atoms with Gasteiger partial charge in [-0.25, -0.2) is 4.68 Å². The molecule has 7 heteroatoms. The molecule has 1 N–H and O–H groups in total. The molecule has 130 valence electrons. The zero-order valence-electron chi connectivity index (χ0n) is 14.2. The molecule has 1 aromatic carbocycles. The Kier molecular flexibility index (Phi) is 5.33. The quantitative estimate of drug-likeness (QED) is 0.842. The van der Waals surface area contributed by atoms with Gasteiger partial charge in [0.2, 0.25) is 0 Å². The van der Waals surface area contributed by atoms with E-state index >= 15 is 0 Å². The summed E-state index contributed by atoms with van der Waals surface area (Å²) in [5.74, 6) is 1.70. The highest BCUT2D eigenvalue weighted by molar-refractivity contribution is 7.71. The van der Waals surface area contributed by atoms with E-state index in [0.29, 0.717) is 6.67 Å². The summed E-state index contributed by atoms with van der Waals surface area (Å²) in [4.78, 5) is 2.29. The first-order chi connectivity index (χ1) is 11.6. The van der Waals surface area contributed by atoms with Crippen molar-refractivity contribution in [3.8, 4) is 17.1 Å². The molecule has 1 aliphatic rings. The molecular weight excluding hydrogens is 324 g/mol. The summed E-state index contributed by atoms with van der Waals surface area (Å²) in [6.45, 7) is 5.27. The number of hydrogen-bond donors (Lipinski definition) is 1. The second-order valence-electron chi connectivity index (χ2n) is 6.07. The fourth-order valence-corrected chi connectivity index (χ4v) is 3.34. The van der Waals surface area contributed by atoms with Crippen molar-refractivity contribution >= 4 is 12.2 Å². The van der Waals surface area contributed by atoms with Crippen molar-refractivity contribution < 1.29 is 9.84 Å². The van der Waals surface area contributed by atoms with E-state index in [9.17, 15) is 5.11 Å². The average Bonchev–Trinajstić information content (AvgIpc) is 2.93. The fourth-order valence-electron chi connectivity index (χ4n) is 3.02. The van der Waals surface area contributed by atoms with Crippen LogP contribution in [0.4, 0.5) is 0 Å². The number of aliphatic hydroxyl groups excluding tert-OH is 1. The van der Waals surface area contributed by atoms with Crippen LogP contribution in [-0.4, -0.2) is 50.7 Å². The molecule has 1 fully saturated rings. The minimum absolute atomic E-state index is 0.169. The number of aliphatic hydroxyl groups is 1. The second-order valence-corrected chi connectivity index (χ2v) is 6.43. The molecule has 1 saturated heterocycles. The Balaban J connectivity index is 1.86. The number of rotatable bonds is 5. The van der Waals surface area contributed by atoms with Gasteiger partial charge in [-0.3, -0.25) is 4.90 Å². The van der Waals surface area contributed by atoms with Crippen LogP contribution in [0.25, 0.3) is 11.4 Å². The lowest BCUT2D eigenvalue weighted by atomic mass is 10.1. The van der Waals surface area contributed by atoms with E-state index in [1.54, 1.807) is 7.11 Å². The molecule has 0 spiro atoms. The number of ether oxygens (including phenoxy) is 1. The van der Waals surface area contributed by atoms with E-state index in [1.807, 2.05) is 28.9 Å². The Morgan fingerprint density at radius 1 is 1.25 bits per heavy atom. The number of nitrogens with zero attached hydrogens (tertiary/aromatic N) is 4. The van der Waals surface area contributed by atoms with Crippen LogP contribution in [-0.2, 0) is 13.2 Å². The topological polar surface area (TPSA) is 55.5 Å². The normalized spacial score (nSPS) is 16.5. The molecule has 24 heavy (non-hydrogen) atoms. The first-order valence-electron chi connectivity index (χ1n) is 8.35. The van der Waals surface area contributed by atoms with Gasteiger partial charge in [0.25, 0.3) is 0 Å². The lowest BCUT2D eigenvalue weighted by Crippen LogP contribution is -2.37. The van der Waals surface area contributed by atoms with Gasteiger partial charge in [-0.1, -0.05) is 0 Å².